The summed E-state index contributed by atoms with van der Waals surface area (Å²) in [7, 11) is 1.50. The van der Waals surface area contributed by atoms with E-state index in [-0.39, 0.29) is 11.4 Å². The van der Waals surface area contributed by atoms with Gasteiger partial charge in [-0.05, 0) is 63.7 Å². The predicted molar refractivity (Wildman–Crippen MR) is 82.4 cm³/mol. The fraction of sp³-hybridized carbons (Fsp3) is 0.833. The Balaban J connectivity index is 1.88. The van der Waals surface area contributed by atoms with Gasteiger partial charge in [0.25, 0.3) is 0 Å². The van der Waals surface area contributed by atoms with E-state index in [4.69, 9.17) is 4.74 Å². The predicted octanol–water partition coefficient (Wildman–Crippen LogP) is 4.88. The Morgan fingerprint density at radius 2 is 2.05 bits per heavy atom. The van der Waals surface area contributed by atoms with Crippen LogP contribution in [0.3, 0.4) is 0 Å². The number of rotatable bonds is 4. The van der Waals surface area contributed by atoms with Gasteiger partial charge >= 0.3 is 5.97 Å². The third-order valence-electron chi connectivity index (χ3n) is 5.53. The molecule has 0 aliphatic heterocycles. The number of allylic oxidation sites excluding steroid dienone is 2. The van der Waals surface area contributed by atoms with Crippen molar-refractivity contribution < 1.29 is 9.53 Å². The number of hydrogen-bond donors (Lipinski definition) is 0. The van der Waals surface area contributed by atoms with Gasteiger partial charge in [-0.15, -0.1) is 0 Å². The largest absolute Gasteiger partial charge is 0.469 e. The standard InChI is InChI=1S/C18H30O2/c1-4-5-14-6-8-15(9-7-14)16-10-12-18(2,13-11-16)17(19)20-3/h10,14-15H,4-9,11-13H2,1-3H3. The van der Waals surface area contributed by atoms with E-state index in [0.717, 1.165) is 31.1 Å². The molecule has 1 atom stereocenters. The van der Waals surface area contributed by atoms with Crippen molar-refractivity contribution >= 4 is 5.97 Å². The number of hydrogen-bond acceptors (Lipinski definition) is 2. The molecule has 1 unspecified atom stereocenters. The van der Waals surface area contributed by atoms with Crippen molar-refractivity contribution in [1.82, 2.24) is 0 Å². The molecule has 1 saturated carbocycles. The Morgan fingerprint density at radius 1 is 1.35 bits per heavy atom. The van der Waals surface area contributed by atoms with Gasteiger partial charge < -0.3 is 4.74 Å². The summed E-state index contributed by atoms with van der Waals surface area (Å²) in [6.45, 7) is 4.34. The smallest absolute Gasteiger partial charge is 0.311 e. The van der Waals surface area contributed by atoms with Gasteiger partial charge in [0.1, 0.15) is 0 Å². The van der Waals surface area contributed by atoms with Crippen molar-refractivity contribution in [3.63, 3.8) is 0 Å². The molecule has 0 N–H and O–H groups in total. The second kappa shape index (κ2) is 6.78. The monoisotopic (exact) mass is 278 g/mol. The van der Waals surface area contributed by atoms with Gasteiger partial charge in [-0.25, -0.2) is 0 Å². The first-order valence-corrected chi connectivity index (χ1v) is 8.36. The normalized spacial score (nSPS) is 34.5. The Kier molecular flexibility index (Phi) is 5.29. The highest BCUT2D eigenvalue weighted by Gasteiger charge is 2.37. The first-order valence-electron chi connectivity index (χ1n) is 8.36. The van der Waals surface area contributed by atoms with Crippen LogP contribution in [0.2, 0.25) is 0 Å². The highest BCUT2D eigenvalue weighted by molar-refractivity contribution is 5.76. The zero-order valence-corrected chi connectivity index (χ0v) is 13.4. The van der Waals surface area contributed by atoms with Crippen LogP contribution in [-0.4, -0.2) is 13.1 Å². The van der Waals surface area contributed by atoms with E-state index < -0.39 is 0 Å². The molecule has 2 aliphatic carbocycles. The minimum absolute atomic E-state index is 0.0422. The molecule has 2 aliphatic rings. The second-order valence-corrected chi connectivity index (χ2v) is 7.04. The van der Waals surface area contributed by atoms with Gasteiger partial charge in [-0.2, -0.15) is 0 Å². The van der Waals surface area contributed by atoms with Gasteiger partial charge in [0.2, 0.25) is 0 Å². The van der Waals surface area contributed by atoms with Crippen molar-refractivity contribution in [2.45, 2.75) is 71.6 Å². The summed E-state index contributed by atoms with van der Waals surface area (Å²) < 4.78 is 4.95. The molecular formula is C18H30O2. The lowest BCUT2D eigenvalue weighted by atomic mass is 9.70. The molecule has 0 bridgehead atoms. The molecule has 0 aromatic heterocycles. The molecule has 2 nitrogen and oxygen atoms in total. The fourth-order valence-corrected chi connectivity index (χ4v) is 4.01. The Bertz CT molecular complexity index is 364. The van der Waals surface area contributed by atoms with Crippen molar-refractivity contribution in [3.8, 4) is 0 Å². The van der Waals surface area contributed by atoms with Crippen LogP contribution in [0.4, 0.5) is 0 Å². The maximum atomic E-state index is 11.8. The molecule has 0 amide bonds. The molecule has 0 spiro atoms. The summed E-state index contributed by atoms with van der Waals surface area (Å²) in [5.41, 5.74) is 1.35. The van der Waals surface area contributed by atoms with Crippen LogP contribution in [-0.2, 0) is 9.53 Å². The van der Waals surface area contributed by atoms with E-state index in [1.54, 1.807) is 5.57 Å². The van der Waals surface area contributed by atoms with Crippen LogP contribution in [0.15, 0.2) is 11.6 Å². The summed E-state index contributed by atoms with van der Waals surface area (Å²) in [4.78, 5) is 11.8. The molecule has 0 aromatic rings. The van der Waals surface area contributed by atoms with Crippen LogP contribution in [0.1, 0.15) is 71.6 Å². The molecule has 20 heavy (non-hydrogen) atoms. The highest BCUT2D eigenvalue weighted by Crippen LogP contribution is 2.43. The Labute approximate surface area is 124 Å². The van der Waals surface area contributed by atoms with Gasteiger partial charge in [-0.1, -0.05) is 31.4 Å². The summed E-state index contributed by atoms with van der Waals surface area (Å²) in [6, 6.07) is 0. The third-order valence-corrected chi connectivity index (χ3v) is 5.53. The highest BCUT2D eigenvalue weighted by atomic mass is 16.5. The zero-order valence-electron chi connectivity index (χ0n) is 13.4. The minimum atomic E-state index is -0.280. The fourth-order valence-electron chi connectivity index (χ4n) is 4.01. The number of carbonyl (C=O) groups is 1. The van der Waals surface area contributed by atoms with Crippen molar-refractivity contribution in [1.29, 1.82) is 0 Å². The van der Waals surface area contributed by atoms with Crippen molar-refractivity contribution in [2.75, 3.05) is 7.11 Å². The molecule has 114 valence electrons. The van der Waals surface area contributed by atoms with Gasteiger partial charge in [0.05, 0.1) is 12.5 Å². The van der Waals surface area contributed by atoms with Gasteiger partial charge in [0, 0.05) is 0 Å². The first kappa shape index (κ1) is 15.6. The average molecular weight is 278 g/mol. The van der Waals surface area contributed by atoms with Crippen molar-refractivity contribution in [2.24, 2.45) is 17.3 Å². The van der Waals surface area contributed by atoms with E-state index in [1.165, 1.54) is 45.6 Å². The lowest BCUT2D eigenvalue weighted by Crippen LogP contribution is -2.31. The number of carbonyl (C=O) groups excluding carboxylic acids is 1. The molecule has 0 heterocycles. The number of ether oxygens (including phenoxy) is 1. The molecular weight excluding hydrogens is 248 g/mol. The number of esters is 1. The quantitative estimate of drug-likeness (QED) is 0.541. The molecule has 1 fully saturated rings. The van der Waals surface area contributed by atoms with E-state index in [2.05, 4.69) is 13.0 Å². The summed E-state index contributed by atoms with van der Waals surface area (Å²) in [5.74, 6) is 1.73. The third kappa shape index (κ3) is 3.45. The SMILES string of the molecule is CCCC1CCC(C2=CCC(C)(C(=O)OC)CC2)CC1. The zero-order chi connectivity index (χ0) is 14.6. The molecule has 0 saturated heterocycles. The summed E-state index contributed by atoms with van der Waals surface area (Å²) >= 11 is 0. The molecule has 0 aromatic carbocycles. The van der Waals surface area contributed by atoms with E-state index >= 15 is 0 Å². The Hall–Kier alpha value is -0.790. The molecule has 2 heteroatoms. The summed E-state index contributed by atoms with van der Waals surface area (Å²) in [6.07, 6.45) is 13.6. The lowest BCUT2D eigenvalue weighted by Gasteiger charge is -2.35. The lowest BCUT2D eigenvalue weighted by molar-refractivity contribution is -0.152. The van der Waals surface area contributed by atoms with Crippen LogP contribution < -0.4 is 0 Å². The topological polar surface area (TPSA) is 26.3 Å². The van der Waals surface area contributed by atoms with Crippen LogP contribution >= 0.6 is 0 Å². The number of methoxy groups -OCH3 is 1. The summed E-state index contributed by atoms with van der Waals surface area (Å²) in [5, 5.41) is 0. The van der Waals surface area contributed by atoms with Crippen LogP contribution in [0, 0.1) is 17.3 Å². The maximum absolute atomic E-state index is 11.8. The molecule has 2 rings (SSSR count). The van der Waals surface area contributed by atoms with E-state index in [9.17, 15) is 4.79 Å². The Morgan fingerprint density at radius 3 is 2.55 bits per heavy atom. The average Bonchev–Trinajstić information content (AvgIpc) is 2.48. The van der Waals surface area contributed by atoms with Crippen LogP contribution in [0.25, 0.3) is 0 Å². The molecule has 0 radical (unpaired) electrons. The van der Waals surface area contributed by atoms with Gasteiger partial charge in [0.15, 0.2) is 0 Å². The van der Waals surface area contributed by atoms with E-state index in [0.29, 0.717) is 0 Å². The minimum Gasteiger partial charge on any atom is -0.469 e. The van der Waals surface area contributed by atoms with Gasteiger partial charge in [-0.3, -0.25) is 4.79 Å². The van der Waals surface area contributed by atoms with Crippen LogP contribution in [0.5, 0.6) is 0 Å². The maximum Gasteiger partial charge on any atom is 0.311 e. The van der Waals surface area contributed by atoms with Crippen molar-refractivity contribution in [3.05, 3.63) is 11.6 Å². The first-order chi connectivity index (χ1) is 9.59. The van der Waals surface area contributed by atoms with E-state index in [1.807, 2.05) is 6.92 Å². The second-order valence-electron chi connectivity index (χ2n) is 7.04.